The van der Waals surface area contributed by atoms with E-state index in [9.17, 15) is 4.79 Å². The predicted molar refractivity (Wildman–Crippen MR) is 37.0 cm³/mol. The number of carbonyl (C=O) groups excluding carboxylic acids is 1. The minimum Gasteiger partial charge on any atom is -0.308 e. The molecule has 0 bridgehead atoms. The van der Waals surface area contributed by atoms with Crippen molar-refractivity contribution in [1.29, 1.82) is 0 Å². The lowest BCUT2D eigenvalue weighted by Gasteiger charge is -2.03. The van der Waals surface area contributed by atoms with Crippen LogP contribution in [0.1, 0.15) is 6.42 Å². The van der Waals surface area contributed by atoms with Crippen molar-refractivity contribution in [3.63, 3.8) is 0 Å². The summed E-state index contributed by atoms with van der Waals surface area (Å²) in [5.41, 5.74) is 0. The van der Waals surface area contributed by atoms with Crippen molar-refractivity contribution in [2.24, 2.45) is 0 Å². The van der Waals surface area contributed by atoms with E-state index in [1.807, 2.05) is 19.0 Å². The first-order valence-electron chi connectivity index (χ1n) is 2.84. The van der Waals surface area contributed by atoms with Gasteiger partial charge in [0.05, 0.1) is 0 Å². The molecule has 2 nitrogen and oxygen atoms in total. The quantitative estimate of drug-likeness (QED) is 0.386. The molecular weight excluding hydrogens is 114 g/mol. The summed E-state index contributed by atoms with van der Waals surface area (Å²) in [6, 6.07) is 0. The molecule has 0 aromatic carbocycles. The summed E-state index contributed by atoms with van der Waals surface area (Å²) in [6.45, 7) is 0.918. The van der Waals surface area contributed by atoms with Crippen molar-refractivity contribution >= 4 is 6.29 Å². The number of carbonyl (C=O) groups is 1. The van der Waals surface area contributed by atoms with E-state index < -0.39 is 0 Å². The third-order valence-corrected chi connectivity index (χ3v) is 0.845. The van der Waals surface area contributed by atoms with Gasteiger partial charge in [0.15, 0.2) is 6.29 Å². The van der Waals surface area contributed by atoms with Gasteiger partial charge in [-0.05, 0) is 20.0 Å². The first-order chi connectivity index (χ1) is 4.27. The van der Waals surface area contributed by atoms with Crippen molar-refractivity contribution in [3.05, 3.63) is 0 Å². The molecule has 0 atom stereocenters. The number of hydrogen-bond acceptors (Lipinski definition) is 2. The maximum atomic E-state index is 9.66. The first kappa shape index (κ1) is 8.19. The van der Waals surface area contributed by atoms with E-state index in [2.05, 4.69) is 11.8 Å². The van der Waals surface area contributed by atoms with Gasteiger partial charge in [-0.2, -0.15) is 0 Å². The molecule has 0 saturated carbocycles. The molecule has 50 valence electrons. The van der Waals surface area contributed by atoms with Crippen LogP contribution >= 0.6 is 0 Å². The van der Waals surface area contributed by atoms with Crippen molar-refractivity contribution in [1.82, 2.24) is 4.90 Å². The number of aldehydes is 1. The molecule has 0 rings (SSSR count). The maximum absolute atomic E-state index is 9.66. The summed E-state index contributed by atoms with van der Waals surface area (Å²) in [5, 5.41) is 0. The highest BCUT2D eigenvalue weighted by Crippen LogP contribution is 1.77. The van der Waals surface area contributed by atoms with Crippen LogP contribution < -0.4 is 0 Å². The van der Waals surface area contributed by atoms with Gasteiger partial charge in [0.1, 0.15) is 0 Å². The van der Waals surface area contributed by atoms with Gasteiger partial charge in [-0.1, -0.05) is 5.92 Å². The highest BCUT2D eigenvalue weighted by atomic mass is 16.1. The minimum atomic E-state index is 0.621. The van der Waals surface area contributed by atoms with Gasteiger partial charge in [0.2, 0.25) is 0 Å². The van der Waals surface area contributed by atoms with Crippen LogP contribution in [0.5, 0.6) is 0 Å². The Hall–Kier alpha value is -0.810. The van der Waals surface area contributed by atoms with Gasteiger partial charge in [0.25, 0.3) is 0 Å². The average molecular weight is 125 g/mol. The van der Waals surface area contributed by atoms with Crippen LogP contribution in [0, 0.1) is 11.8 Å². The van der Waals surface area contributed by atoms with Crippen molar-refractivity contribution in [2.45, 2.75) is 6.42 Å². The molecule has 0 fully saturated rings. The molecule has 0 aliphatic carbocycles. The second-order valence-electron chi connectivity index (χ2n) is 1.99. The molecule has 0 N–H and O–H groups in total. The molecule has 0 aromatic rings. The highest BCUT2D eigenvalue weighted by molar-refractivity contribution is 5.72. The van der Waals surface area contributed by atoms with E-state index in [1.165, 1.54) is 0 Å². The molecule has 0 heterocycles. The van der Waals surface area contributed by atoms with Crippen molar-refractivity contribution < 1.29 is 4.79 Å². The van der Waals surface area contributed by atoms with Crippen LogP contribution in [0.3, 0.4) is 0 Å². The highest BCUT2D eigenvalue weighted by Gasteiger charge is 1.82. The lowest BCUT2D eigenvalue weighted by atomic mass is 10.4. The van der Waals surface area contributed by atoms with Gasteiger partial charge in [-0.25, -0.2) is 0 Å². The van der Waals surface area contributed by atoms with E-state index in [-0.39, 0.29) is 0 Å². The predicted octanol–water partition coefficient (Wildman–Crippen LogP) is 0.140. The van der Waals surface area contributed by atoms with Crippen LogP contribution in [-0.2, 0) is 4.79 Å². The molecule has 0 saturated heterocycles. The van der Waals surface area contributed by atoms with Crippen molar-refractivity contribution in [2.75, 3.05) is 20.6 Å². The van der Waals surface area contributed by atoms with Gasteiger partial charge >= 0.3 is 0 Å². The third-order valence-electron chi connectivity index (χ3n) is 0.845. The zero-order chi connectivity index (χ0) is 7.11. The third kappa shape index (κ3) is 7.19. The Bertz CT molecular complexity index is 130. The molecule has 2 heteroatoms. The Morgan fingerprint density at radius 2 is 2.22 bits per heavy atom. The zero-order valence-corrected chi connectivity index (χ0v) is 5.85. The number of hydrogen-bond donors (Lipinski definition) is 0. The van der Waals surface area contributed by atoms with E-state index in [1.54, 1.807) is 0 Å². The molecule has 0 aliphatic heterocycles. The molecule has 0 aliphatic rings. The summed E-state index contributed by atoms with van der Waals surface area (Å²) in [7, 11) is 3.95. The van der Waals surface area contributed by atoms with E-state index in [0.29, 0.717) is 6.29 Å². The van der Waals surface area contributed by atoms with Crippen LogP contribution in [0.4, 0.5) is 0 Å². The monoisotopic (exact) mass is 125 g/mol. The molecule has 0 radical (unpaired) electrons. The maximum Gasteiger partial charge on any atom is 0.192 e. The summed E-state index contributed by atoms with van der Waals surface area (Å²) in [6.07, 6.45) is 1.39. The molecule has 0 unspecified atom stereocenters. The summed E-state index contributed by atoms with van der Waals surface area (Å²) >= 11 is 0. The zero-order valence-electron chi connectivity index (χ0n) is 5.85. The Morgan fingerprint density at radius 3 is 2.67 bits per heavy atom. The lowest BCUT2D eigenvalue weighted by Crippen LogP contribution is -2.11. The fourth-order valence-corrected chi connectivity index (χ4v) is 0.393. The number of rotatable bonds is 2. The molecule has 0 amide bonds. The standard InChI is InChI=1S/C7H11NO/c1-8(2)6-4-3-5-7-9/h7H,4,6H2,1-2H3. The van der Waals surface area contributed by atoms with Crippen LogP contribution in [0.25, 0.3) is 0 Å². The van der Waals surface area contributed by atoms with Crippen LogP contribution in [-0.4, -0.2) is 31.8 Å². The largest absolute Gasteiger partial charge is 0.308 e. The fourth-order valence-electron chi connectivity index (χ4n) is 0.393. The minimum absolute atomic E-state index is 0.621. The van der Waals surface area contributed by atoms with E-state index in [0.717, 1.165) is 13.0 Å². The number of nitrogens with zero attached hydrogens (tertiary/aromatic N) is 1. The first-order valence-corrected chi connectivity index (χ1v) is 2.84. The molecular formula is C7H11NO. The average Bonchev–Trinajstić information content (AvgIpc) is 1.80. The van der Waals surface area contributed by atoms with Gasteiger partial charge in [-0.3, -0.25) is 4.79 Å². The Balaban J connectivity index is 3.18. The topological polar surface area (TPSA) is 20.3 Å². The van der Waals surface area contributed by atoms with E-state index in [4.69, 9.17) is 0 Å². The summed E-state index contributed by atoms with van der Waals surface area (Å²) in [5.74, 6) is 5.05. The molecule has 9 heavy (non-hydrogen) atoms. The molecule has 0 spiro atoms. The van der Waals surface area contributed by atoms with E-state index >= 15 is 0 Å². The van der Waals surface area contributed by atoms with Gasteiger partial charge < -0.3 is 4.90 Å². The van der Waals surface area contributed by atoms with Gasteiger partial charge in [-0.15, -0.1) is 0 Å². The lowest BCUT2D eigenvalue weighted by molar-refractivity contribution is -0.103. The second-order valence-corrected chi connectivity index (χ2v) is 1.99. The normalized spacial score (nSPS) is 8.33. The van der Waals surface area contributed by atoms with Gasteiger partial charge in [0, 0.05) is 13.0 Å². The Morgan fingerprint density at radius 1 is 1.56 bits per heavy atom. The SMILES string of the molecule is CN(C)CCC#CC=O. The smallest absolute Gasteiger partial charge is 0.192 e. The van der Waals surface area contributed by atoms with Crippen molar-refractivity contribution in [3.8, 4) is 11.8 Å². The fraction of sp³-hybridized carbons (Fsp3) is 0.571. The Kier molecular flexibility index (Phi) is 4.85. The van der Waals surface area contributed by atoms with Crippen LogP contribution in [0.15, 0.2) is 0 Å². The van der Waals surface area contributed by atoms with Crippen LogP contribution in [0.2, 0.25) is 0 Å². The molecule has 0 aromatic heterocycles. The Labute approximate surface area is 55.8 Å². The second kappa shape index (κ2) is 5.33. The summed E-state index contributed by atoms with van der Waals surface area (Å²) < 4.78 is 0. The summed E-state index contributed by atoms with van der Waals surface area (Å²) in [4.78, 5) is 11.7.